The van der Waals surface area contributed by atoms with E-state index < -0.39 is 12.2 Å². The maximum atomic E-state index is 14.7. The number of guanidine groups is 1. The smallest absolute Gasteiger partial charge is 0.414 e. The average molecular weight is 375 g/mol. The fourth-order valence-electron chi connectivity index (χ4n) is 4.23. The standard InChI is InChI=1S/C18H22FN5O3/c1-9(25)22-5-11-6-24(18(26)27-11)10-2-3-12(15(19)4-10)16-13-7-23(17(20)21)8-14(13)16/h2-4,11,13-14,16H,5-8H2,1H3,(H3,20,21)(H,22,25)/t11-,13-,14+,16+/m0/s1. The zero-order chi connectivity index (χ0) is 19.3. The molecule has 3 aliphatic rings. The van der Waals surface area contributed by atoms with Crippen molar-refractivity contribution in [3.05, 3.63) is 29.6 Å². The van der Waals surface area contributed by atoms with Crippen molar-refractivity contribution < 1.29 is 18.7 Å². The molecule has 1 aromatic carbocycles. The van der Waals surface area contributed by atoms with Gasteiger partial charge in [-0.3, -0.25) is 15.1 Å². The molecule has 8 nitrogen and oxygen atoms in total. The lowest BCUT2D eigenvalue weighted by Gasteiger charge is -2.20. The highest BCUT2D eigenvalue weighted by Gasteiger charge is 2.57. The number of anilines is 1. The first-order valence-electron chi connectivity index (χ1n) is 8.96. The Morgan fingerprint density at radius 1 is 1.37 bits per heavy atom. The molecule has 2 saturated heterocycles. The molecule has 0 unspecified atom stereocenters. The van der Waals surface area contributed by atoms with Crippen LogP contribution in [0.2, 0.25) is 0 Å². The predicted molar refractivity (Wildman–Crippen MR) is 95.9 cm³/mol. The Morgan fingerprint density at radius 3 is 2.67 bits per heavy atom. The molecule has 4 atom stereocenters. The minimum absolute atomic E-state index is 0.0677. The van der Waals surface area contributed by atoms with E-state index >= 15 is 0 Å². The minimum atomic E-state index is -0.544. The van der Waals surface area contributed by atoms with E-state index in [9.17, 15) is 14.0 Å². The average Bonchev–Trinajstić information content (AvgIpc) is 2.95. The summed E-state index contributed by atoms with van der Waals surface area (Å²) in [7, 11) is 0. The molecule has 144 valence electrons. The highest BCUT2D eigenvalue weighted by atomic mass is 19.1. The molecule has 4 rings (SSSR count). The minimum Gasteiger partial charge on any atom is -0.442 e. The van der Waals surface area contributed by atoms with Gasteiger partial charge in [0.15, 0.2) is 5.96 Å². The third-order valence-electron chi connectivity index (χ3n) is 5.64. The van der Waals surface area contributed by atoms with Crippen LogP contribution < -0.4 is 16.0 Å². The summed E-state index contributed by atoms with van der Waals surface area (Å²) in [6.45, 7) is 3.27. The third-order valence-corrected chi connectivity index (χ3v) is 5.64. The molecule has 4 N–H and O–H groups in total. The van der Waals surface area contributed by atoms with Gasteiger partial charge in [-0.05, 0) is 35.4 Å². The van der Waals surface area contributed by atoms with Gasteiger partial charge in [0.05, 0.1) is 18.8 Å². The molecule has 0 spiro atoms. The van der Waals surface area contributed by atoms with E-state index in [1.807, 2.05) is 4.90 Å². The van der Waals surface area contributed by atoms with Crippen molar-refractivity contribution in [2.24, 2.45) is 17.6 Å². The summed E-state index contributed by atoms with van der Waals surface area (Å²) in [5.41, 5.74) is 6.61. The van der Waals surface area contributed by atoms with Crippen LogP contribution in [-0.2, 0) is 9.53 Å². The van der Waals surface area contributed by atoms with Gasteiger partial charge in [0.25, 0.3) is 0 Å². The van der Waals surface area contributed by atoms with Gasteiger partial charge >= 0.3 is 6.09 Å². The number of benzene rings is 1. The first-order chi connectivity index (χ1) is 12.8. The van der Waals surface area contributed by atoms with Gasteiger partial charge in [-0.2, -0.15) is 0 Å². The molecule has 1 aromatic rings. The number of nitrogens with zero attached hydrogens (tertiary/aromatic N) is 2. The number of rotatable bonds is 4. The SMILES string of the molecule is CC(=O)NC[C@H]1CN(c2ccc([C@H]3[C@@H]4CN(C(=N)N)C[C@@H]43)c(F)c2)C(=O)O1. The van der Waals surface area contributed by atoms with Crippen LogP contribution in [0.5, 0.6) is 0 Å². The summed E-state index contributed by atoms with van der Waals surface area (Å²) < 4.78 is 19.9. The molecule has 27 heavy (non-hydrogen) atoms. The number of cyclic esters (lactones) is 1. The van der Waals surface area contributed by atoms with Crippen molar-refractivity contribution in [2.75, 3.05) is 31.1 Å². The largest absolute Gasteiger partial charge is 0.442 e. The van der Waals surface area contributed by atoms with Crippen LogP contribution in [0.15, 0.2) is 18.2 Å². The fraction of sp³-hybridized carbons (Fsp3) is 0.500. The number of hydrogen-bond acceptors (Lipinski definition) is 4. The lowest BCUT2D eigenvalue weighted by molar-refractivity contribution is -0.119. The summed E-state index contributed by atoms with van der Waals surface area (Å²) in [6.07, 6.45) is -0.998. The van der Waals surface area contributed by atoms with E-state index in [4.69, 9.17) is 15.9 Å². The second kappa shape index (κ2) is 6.40. The zero-order valence-electron chi connectivity index (χ0n) is 14.9. The summed E-state index contributed by atoms with van der Waals surface area (Å²) >= 11 is 0. The lowest BCUT2D eigenvalue weighted by atomic mass is 10.1. The van der Waals surface area contributed by atoms with E-state index in [1.54, 1.807) is 12.1 Å². The first-order valence-corrected chi connectivity index (χ1v) is 8.96. The number of ether oxygens (including phenoxy) is 1. The molecule has 0 radical (unpaired) electrons. The van der Waals surface area contributed by atoms with Crippen molar-refractivity contribution in [3.8, 4) is 0 Å². The van der Waals surface area contributed by atoms with Gasteiger partial charge in [0.1, 0.15) is 11.9 Å². The molecule has 2 aliphatic heterocycles. The van der Waals surface area contributed by atoms with Crippen LogP contribution in [0.3, 0.4) is 0 Å². The number of piperidine rings is 1. The molecule has 2 heterocycles. The van der Waals surface area contributed by atoms with Gasteiger partial charge in [-0.25, -0.2) is 9.18 Å². The molecule has 0 bridgehead atoms. The number of nitrogens with two attached hydrogens (primary N) is 1. The van der Waals surface area contributed by atoms with Gasteiger partial charge in [-0.15, -0.1) is 0 Å². The highest BCUT2D eigenvalue weighted by molar-refractivity contribution is 5.89. The fourth-order valence-corrected chi connectivity index (χ4v) is 4.23. The lowest BCUT2D eigenvalue weighted by Crippen LogP contribution is -2.36. The zero-order valence-corrected chi connectivity index (χ0v) is 14.9. The second-order valence-electron chi connectivity index (χ2n) is 7.40. The molecule has 3 fully saturated rings. The number of fused-ring (bicyclic) bond motifs is 1. The van der Waals surface area contributed by atoms with Crippen LogP contribution in [0.1, 0.15) is 18.4 Å². The Hall–Kier alpha value is -2.84. The van der Waals surface area contributed by atoms with E-state index in [0.29, 0.717) is 36.2 Å². The van der Waals surface area contributed by atoms with Crippen LogP contribution in [-0.4, -0.2) is 55.1 Å². The number of amides is 2. The van der Waals surface area contributed by atoms with Crippen LogP contribution >= 0.6 is 0 Å². The van der Waals surface area contributed by atoms with Crippen LogP contribution in [0, 0.1) is 23.1 Å². The quantitative estimate of drug-likeness (QED) is 0.533. The van der Waals surface area contributed by atoms with Crippen molar-refractivity contribution in [2.45, 2.75) is 18.9 Å². The Labute approximate surface area is 155 Å². The topological polar surface area (TPSA) is 112 Å². The van der Waals surface area contributed by atoms with Crippen molar-refractivity contribution in [3.63, 3.8) is 0 Å². The maximum Gasteiger partial charge on any atom is 0.414 e. The van der Waals surface area contributed by atoms with Crippen LogP contribution in [0.4, 0.5) is 14.9 Å². The molecule has 1 aliphatic carbocycles. The number of hydrogen-bond donors (Lipinski definition) is 3. The first kappa shape index (κ1) is 17.6. The summed E-state index contributed by atoms with van der Waals surface area (Å²) in [5.74, 6) is 0.338. The summed E-state index contributed by atoms with van der Waals surface area (Å²) in [5, 5.41) is 10.1. The normalized spacial score (nSPS) is 28.7. The van der Waals surface area contributed by atoms with Crippen molar-refractivity contribution >= 4 is 23.6 Å². The maximum absolute atomic E-state index is 14.7. The Morgan fingerprint density at radius 2 is 2.07 bits per heavy atom. The molecular formula is C18H22FN5O3. The number of likely N-dealkylation sites (tertiary alicyclic amines) is 1. The molecule has 2 amide bonds. The Bertz CT molecular complexity index is 804. The van der Waals surface area contributed by atoms with Crippen molar-refractivity contribution in [1.82, 2.24) is 10.2 Å². The number of halogens is 1. The molecule has 9 heteroatoms. The van der Waals surface area contributed by atoms with E-state index in [0.717, 1.165) is 0 Å². The van der Waals surface area contributed by atoms with Crippen molar-refractivity contribution in [1.29, 1.82) is 5.41 Å². The van der Waals surface area contributed by atoms with Gasteiger partial charge in [0.2, 0.25) is 5.91 Å². The second-order valence-corrected chi connectivity index (χ2v) is 7.40. The van der Waals surface area contributed by atoms with Gasteiger partial charge < -0.3 is 20.7 Å². The number of carbonyl (C=O) groups is 2. The third kappa shape index (κ3) is 3.17. The Balaban J connectivity index is 1.42. The monoisotopic (exact) mass is 375 g/mol. The van der Waals surface area contributed by atoms with Gasteiger partial charge in [0, 0.05) is 20.0 Å². The molecule has 1 saturated carbocycles. The van der Waals surface area contributed by atoms with Crippen LogP contribution in [0.25, 0.3) is 0 Å². The highest BCUT2D eigenvalue weighted by Crippen LogP contribution is 2.58. The summed E-state index contributed by atoms with van der Waals surface area (Å²) in [4.78, 5) is 26.2. The molecular weight excluding hydrogens is 353 g/mol. The summed E-state index contributed by atoms with van der Waals surface area (Å²) in [6, 6.07) is 4.84. The predicted octanol–water partition coefficient (Wildman–Crippen LogP) is 0.826. The molecule has 0 aromatic heterocycles. The van der Waals surface area contributed by atoms with E-state index in [1.165, 1.54) is 17.9 Å². The number of carbonyl (C=O) groups excluding carboxylic acids is 2. The van der Waals surface area contributed by atoms with Gasteiger partial charge in [-0.1, -0.05) is 6.07 Å². The van der Waals surface area contributed by atoms with E-state index in [-0.39, 0.29) is 36.7 Å². The van der Waals surface area contributed by atoms with E-state index in [2.05, 4.69) is 5.32 Å². The number of nitrogens with one attached hydrogen (secondary N) is 2. The Kier molecular flexibility index (Phi) is 4.16.